The van der Waals surface area contributed by atoms with Gasteiger partial charge in [-0.15, -0.1) is 24.0 Å². The van der Waals surface area contributed by atoms with Crippen LogP contribution in [0.4, 0.5) is 10.1 Å². The van der Waals surface area contributed by atoms with E-state index in [0.717, 1.165) is 75.9 Å². The van der Waals surface area contributed by atoms with Crippen LogP contribution in [0.25, 0.3) is 0 Å². The van der Waals surface area contributed by atoms with E-state index in [-0.39, 0.29) is 29.8 Å². The van der Waals surface area contributed by atoms with Gasteiger partial charge in [-0.1, -0.05) is 0 Å². The minimum Gasteiger partial charge on any atom is -0.369 e. The lowest BCUT2D eigenvalue weighted by molar-refractivity contribution is 0.119. The maximum atomic E-state index is 13.5. The van der Waals surface area contributed by atoms with Gasteiger partial charge in [0.15, 0.2) is 5.96 Å². The van der Waals surface area contributed by atoms with Gasteiger partial charge in [0.05, 0.1) is 6.54 Å². The van der Waals surface area contributed by atoms with Crippen molar-refractivity contribution in [3.63, 3.8) is 0 Å². The molecule has 0 spiro atoms. The fourth-order valence-electron chi connectivity index (χ4n) is 4.30. The van der Waals surface area contributed by atoms with Crippen molar-refractivity contribution in [2.45, 2.75) is 38.8 Å². The molecule has 8 heteroatoms. The molecule has 1 aromatic rings. The number of hydrogen-bond acceptors (Lipinski definition) is 4. The molecule has 2 atom stereocenters. The summed E-state index contributed by atoms with van der Waals surface area (Å²) in [5, 5.41) is 7.05. The Kier molecular flexibility index (Phi) is 10.1. The lowest BCUT2D eigenvalue weighted by Gasteiger charge is -2.37. The molecule has 0 bridgehead atoms. The molecule has 0 amide bonds. The predicted molar refractivity (Wildman–Crippen MR) is 135 cm³/mol. The highest BCUT2D eigenvalue weighted by molar-refractivity contribution is 14.0. The molecule has 2 saturated heterocycles. The summed E-state index contributed by atoms with van der Waals surface area (Å²) in [5.41, 5.74) is 2.13. The monoisotopic (exact) mass is 532 g/mol. The van der Waals surface area contributed by atoms with Crippen molar-refractivity contribution in [1.29, 1.82) is 0 Å². The van der Waals surface area contributed by atoms with Crippen molar-refractivity contribution >= 4 is 35.6 Å². The number of nitrogens with zero attached hydrogens (tertiary/aromatic N) is 4. The molecule has 30 heavy (non-hydrogen) atoms. The van der Waals surface area contributed by atoms with E-state index in [2.05, 4.69) is 46.4 Å². The summed E-state index contributed by atoms with van der Waals surface area (Å²) in [7, 11) is 4.37. The van der Waals surface area contributed by atoms with Crippen LogP contribution in [0.15, 0.2) is 23.2 Å². The molecule has 170 valence electrons. The third-order valence-electron chi connectivity index (χ3n) is 6.05. The summed E-state index contributed by atoms with van der Waals surface area (Å²) in [5.74, 6) is 0.731. The molecule has 0 aliphatic carbocycles. The molecule has 2 aliphatic heterocycles. The molecule has 0 aromatic heterocycles. The molecular weight excluding hydrogens is 494 g/mol. The smallest absolute Gasteiger partial charge is 0.191 e. The molecular formula is C22H38FIN6. The summed E-state index contributed by atoms with van der Waals surface area (Å²) in [6.07, 6.45) is 2.23. The van der Waals surface area contributed by atoms with Crippen LogP contribution in [-0.2, 0) is 0 Å². The second-order valence-corrected chi connectivity index (χ2v) is 8.48. The fourth-order valence-corrected chi connectivity index (χ4v) is 4.30. The number of hydrogen-bond donors (Lipinski definition) is 2. The normalized spacial score (nSPS) is 23.8. The van der Waals surface area contributed by atoms with Crippen LogP contribution in [0.3, 0.4) is 0 Å². The van der Waals surface area contributed by atoms with Crippen molar-refractivity contribution in [3.8, 4) is 0 Å². The lowest BCUT2D eigenvalue weighted by Crippen LogP contribution is -2.53. The maximum absolute atomic E-state index is 13.5. The van der Waals surface area contributed by atoms with Gasteiger partial charge in [0, 0.05) is 57.0 Å². The van der Waals surface area contributed by atoms with Crippen LogP contribution in [0, 0.1) is 12.7 Å². The van der Waals surface area contributed by atoms with Crippen molar-refractivity contribution in [2.24, 2.45) is 4.99 Å². The van der Waals surface area contributed by atoms with Gasteiger partial charge in [0.1, 0.15) is 5.82 Å². The number of guanidine groups is 1. The van der Waals surface area contributed by atoms with Gasteiger partial charge >= 0.3 is 0 Å². The average molecular weight is 532 g/mol. The fraction of sp³-hybridized carbons (Fsp3) is 0.682. The molecule has 0 radical (unpaired) electrons. The van der Waals surface area contributed by atoms with Crippen molar-refractivity contribution in [1.82, 2.24) is 20.4 Å². The van der Waals surface area contributed by atoms with Crippen molar-refractivity contribution in [3.05, 3.63) is 29.6 Å². The Bertz CT molecular complexity index is 700. The number of aliphatic imine (C=N–C) groups is 1. The maximum Gasteiger partial charge on any atom is 0.191 e. The lowest BCUT2D eigenvalue weighted by atomic mass is 10.0. The molecule has 2 unspecified atom stereocenters. The summed E-state index contributed by atoms with van der Waals surface area (Å²) in [6, 6.07) is 5.87. The van der Waals surface area contributed by atoms with Crippen LogP contribution >= 0.6 is 24.0 Å². The highest BCUT2D eigenvalue weighted by Gasteiger charge is 2.24. The third-order valence-corrected chi connectivity index (χ3v) is 6.05. The number of nitrogens with one attached hydrogen (secondary N) is 2. The van der Waals surface area contributed by atoms with Crippen LogP contribution in [0.2, 0.25) is 0 Å². The van der Waals surface area contributed by atoms with Gasteiger partial charge in [0.2, 0.25) is 0 Å². The molecule has 2 N–H and O–H groups in total. The first-order valence-electron chi connectivity index (χ1n) is 10.9. The molecule has 2 heterocycles. The highest BCUT2D eigenvalue weighted by atomic mass is 127. The summed E-state index contributed by atoms with van der Waals surface area (Å²) in [4.78, 5) is 12.1. The minimum absolute atomic E-state index is 0. The number of anilines is 1. The van der Waals surface area contributed by atoms with Crippen LogP contribution in [0.5, 0.6) is 0 Å². The second-order valence-electron chi connectivity index (χ2n) is 8.48. The van der Waals surface area contributed by atoms with E-state index >= 15 is 0 Å². The number of halogens is 2. The highest BCUT2D eigenvalue weighted by Crippen LogP contribution is 2.24. The van der Waals surface area contributed by atoms with Crippen LogP contribution in [0.1, 0.15) is 25.3 Å². The number of rotatable bonds is 5. The number of piperazine rings is 1. The Morgan fingerprint density at radius 2 is 2.00 bits per heavy atom. The van der Waals surface area contributed by atoms with E-state index in [1.54, 1.807) is 12.1 Å². The quantitative estimate of drug-likeness (QED) is 0.347. The third kappa shape index (κ3) is 6.95. The Balaban J connectivity index is 0.00000320. The van der Waals surface area contributed by atoms with E-state index in [1.165, 1.54) is 0 Å². The molecule has 6 nitrogen and oxygen atoms in total. The van der Waals surface area contributed by atoms with E-state index in [4.69, 9.17) is 4.99 Å². The summed E-state index contributed by atoms with van der Waals surface area (Å²) < 4.78 is 13.5. The second kappa shape index (κ2) is 12.0. The Morgan fingerprint density at radius 1 is 1.20 bits per heavy atom. The minimum atomic E-state index is -0.169. The van der Waals surface area contributed by atoms with Gasteiger partial charge in [-0.25, -0.2) is 4.39 Å². The first kappa shape index (κ1) is 25.1. The Labute approximate surface area is 198 Å². The molecule has 2 aliphatic rings. The van der Waals surface area contributed by atoms with E-state index < -0.39 is 0 Å². The van der Waals surface area contributed by atoms with Crippen molar-refractivity contribution < 1.29 is 4.39 Å². The first-order chi connectivity index (χ1) is 14.0. The standard InChI is InChI=1S/C22H37FN6.HI/c1-5-24-22(25-14-20-16-27(3)11-12-28(20)4)26-19-7-6-10-29(15-19)21-9-8-18(23)13-17(21)2;/h8-9,13,19-20H,5-7,10-12,14-16H2,1-4H3,(H2,24,25,26);1H. The Morgan fingerprint density at radius 3 is 2.73 bits per heavy atom. The number of aryl methyl sites for hydroxylation is 1. The number of benzene rings is 1. The molecule has 1 aromatic carbocycles. The van der Waals surface area contributed by atoms with Crippen LogP contribution in [-0.4, -0.2) is 87.8 Å². The largest absolute Gasteiger partial charge is 0.369 e. The van der Waals surface area contributed by atoms with Gasteiger partial charge < -0.3 is 20.4 Å². The van der Waals surface area contributed by atoms with Gasteiger partial charge in [-0.2, -0.15) is 0 Å². The van der Waals surface area contributed by atoms with E-state index in [0.29, 0.717) is 12.1 Å². The topological polar surface area (TPSA) is 46.1 Å². The Hall–Kier alpha value is -1.13. The number of likely N-dealkylation sites (N-methyl/N-ethyl adjacent to an activating group) is 2. The van der Waals surface area contributed by atoms with Crippen molar-refractivity contribution in [2.75, 3.05) is 64.8 Å². The zero-order valence-corrected chi connectivity index (χ0v) is 21.2. The first-order valence-corrected chi connectivity index (χ1v) is 10.9. The molecule has 2 fully saturated rings. The zero-order chi connectivity index (χ0) is 20.8. The van der Waals surface area contributed by atoms with Gasteiger partial charge in [0.25, 0.3) is 0 Å². The van der Waals surface area contributed by atoms with E-state index in [9.17, 15) is 4.39 Å². The van der Waals surface area contributed by atoms with E-state index in [1.807, 2.05) is 13.0 Å². The average Bonchev–Trinajstić information content (AvgIpc) is 2.69. The van der Waals surface area contributed by atoms with Crippen LogP contribution < -0.4 is 15.5 Å². The number of piperidine rings is 1. The predicted octanol–water partition coefficient (Wildman–Crippen LogP) is 2.52. The van der Waals surface area contributed by atoms with Gasteiger partial charge in [-0.3, -0.25) is 9.89 Å². The van der Waals surface area contributed by atoms with Gasteiger partial charge in [-0.05, 0) is 64.5 Å². The zero-order valence-electron chi connectivity index (χ0n) is 18.8. The summed E-state index contributed by atoms with van der Waals surface area (Å²) >= 11 is 0. The molecule has 0 saturated carbocycles. The SMILES string of the molecule is CCNC(=NCC1CN(C)CCN1C)NC1CCCN(c2ccc(F)cc2C)C1.I. The molecule has 3 rings (SSSR count). The summed E-state index contributed by atoms with van der Waals surface area (Å²) in [6.45, 7) is 10.9.